The molecule has 84 valence electrons. The summed E-state index contributed by atoms with van der Waals surface area (Å²) in [4.78, 5) is 0. The zero-order valence-corrected chi connectivity index (χ0v) is 9.07. The van der Waals surface area contributed by atoms with Gasteiger partial charge in [-0.05, 0) is 18.2 Å². The lowest BCUT2D eigenvalue weighted by atomic mass is 10.1. The summed E-state index contributed by atoms with van der Waals surface area (Å²) in [7, 11) is 3.19. The number of rotatable bonds is 2. The van der Waals surface area contributed by atoms with Crippen LogP contribution in [0.3, 0.4) is 0 Å². The number of benzene rings is 1. The Morgan fingerprint density at radius 3 is 2.69 bits per heavy atom. The van der Waals surface area contributed by atoms with E-state index in [1.165, 1.54) is 13.2 Å². The van der Waals surface area contributed by atoms with Crippen molar-refractivity contribution in [1.82, 2.24) is 9.78 Å². The lowest BCUT2D eigenvalue weighted by molar-refractivity contribution is 0.386. The van der Waals surface area contributed by atoms with Crippen molar-refractivity contribution in [3.63, 3.8) is 0 Å². The van der Waals surface area contributed by atoms with Gasteiger partial charge in [0.1, 0.15) is 5.69 Å². The van der Waals surface area contributed by atoms with Crippen molar-refractivity contribution in [3.05, 3.63) is 30.2 Å². The SMILES string of the molecule is COc1ccc(-c2nn(C)cc2N)cc1F. The predicted octanol–water partition coefficient (Wildman–Crippen LogP) is 1.82. The molecule has 0 bridgehead atoms. The molecule has 2 rings (SSSR count). The van der Waals surface area contributed by atoms with Gasteiger partial charge in [-0.15, -0.1) is 0 Å². The number of aryl methyl sites for hydroxylation is 1. The van der Waals surface area contributed by atoms with E-state index in [1.807, 2.05) is 0 Å². The molecule has 5 heteroatoms. The highest BCUT2D eigenvalue weighted by atomic mass is 19.1. The minimum absolute atomic E-state index is 0.207. The van der Waals surface area contributed by atoms with Crippen molar-refractivity contribution in [1.29, 1.82) is 0 Å². The zero-order valence-electron chi connectivity index (χ0n) is 9.07. The molecular weight excluding hydrogens is 209 g/mol. The van der Waals surface area contributed by atoms with Gasteiger partial charge in [0.15, 0.2) is 11.6 Å². The monoisotopic (exact) mass is 221 g/mol. The summed E-state index contributed by atoms with van der Waals surface area (Å²) in [6, 6.07) is 4.64. The van der Waals surface area contributed by atoms with E-state index in [0.717, 1.165) is 0 Å². The summed E-state index contributed by atoms with van der Waals surface area (Å²) < 4.78 is 19.9. The van der Waals surface area contributed by atoms with E-state index in [1.54, 1.807) is 30.1 Å². The molecule has 0 saturated carbocycles. The fourth-order valence-corrected chi connectivity index (χ4v) is 1.54. The Hall–Kier alpha value is -2.04. The molecule has 0 radical (unpaired) electrons. The van der Waals surface area contributed by atoms with Gasteiger partial charge in [-0.1, -0.05) is 0 Å². The minimum Gasteiger partial charge on any atom is -0.494 e. The van der Waals surface area contributed by atoms with Crippen molar-refractivity contribution >= 4 is 5.69 Å². The van der Waals surface area contributed by atoms with Crippen LogP contribution in [0.5, 0.6) is 5.75 Å². The molecule has 1 heterocycles. The van der Waals surface area contributed by atoms with Crippen LogP contribution in [0.4, 0.5) is 10.1 Å². The van der Waals surface area contributed by atoms with Gasteiger partial charge in [-0.25, -0.2) is 4.39 Å². The van der Waals surface area contributed by atoms with E-state index in [2.05, 4.69) is 5.10 Å². The predicted molar refractivity (Wildman–Crippen MR) is 59.6 cm³/mol. The van der Waals surface area contributed by atoms with Crippen LogP contribution < -0.4 is 10.5 Å². The molecule has 4 nitrogen and oxygen atoms in total. The number of nitrogen functional groups attached to an aromatic ring is 1. The van der Waals surface area contributed by atoms with Gasteiger partial charge in [-0.3, -0.25) is 4.68 Å². The van der Waals surface area contributed by atoms with Gasteiger partial charge in [0, 0.05) is 18.8 Å². The van der Waals surface area contributed by atoms with Gasteiger partial charge in [0.25, 0.3) is 0 Å². The first kappa shape index (κ1) is 10.5. The summed E-state index contributed by atoms with van der Waals surface area (Å²) in [5, 5.41) is 4.16. The maximum Gasteiger partial charge on any atom is 0.165 e. The quantitative estimate of drug-likeness (QED) is 0.841. The first-order valence-electron chi connectivity index (χ1n) is 4.75. The van der Waals surface area contributed by atoms with Crippen molar-refractivity contribution in [3.8, 4) is 17.0 Å². The Balaban J connectivity index is 2.49. The smallest absolute Gasteiger partial charge is 0.165 e. The number of hydrogen-bond donors (Lipinski definition) is 1. The summed E-state index contributed by atoms with van der Waals surface area (Å²) in [6.07, 6.45) is 1.68. The number of hydrogen-bond acceptors (Lipinski definition) is 3. The number of nitrogens with two attached hydrogens (primary N) is 1. The molecule has 0 aliphatic rings. The molecule has 0 unspecified atom stereocenters. The molecule has 16 heavy (non-hydrogen) atoms. The van der Waals surface area contributed by atoms with Crippen molar-refractivity contribution < 1.29 is 9.13 Å². The number of anilines is 1. The van der Waals surface area contributed by atoms with Crippen molar-refractivity contribution in [2.75, 3.05) is 12.8 Å². The minimum atomic E-state index is -0.426. The molecule has 0 atom stereocenters. The highest BCUT2D eigenvalue weighted by Gasteiger charge is 2.10. The van der Waals surface area contributed by atoms with Gasteiger partial charge in [0.2, 0.25) is 0 Å². The largest absolute Gasteiger partial charge is 0.494 e. The summed E-state index contributed by atoms with van der Waals surface area (Å²) in [5.41, 5.74) is 7.49. The first-order chi connectivity index (χ1) is 7.61. The van der Waals surface area contributed by atoms with Crippen LogP contribution in [0.15, 0.2) is 24.4 Å². The van der Waals surface area contributed by atoms with Gasteiger partial charge < -0.3 is 10.5 Å². The summed E-state index contributed by atoms with van der Waals surface area (Å²) in [6.45, 7) is 0. The van der Waals surface area contributed by atoms with Crippen molar-refractivity contribution in [2.45, 2.75) is 0 Å². The maximum absolute atomic E-state index is 13.5. The molecule has 0 amide bonds. The second-order valence-corrected chi connectivity index (χ2v) is 3.46. The second-order valence-electron chi connectivity index (χ2n) is 3.46. The van der Waals surface area contributed by atoms with Crippen LogP contribution in [-0.4, -0.2) is 16.9 Å². The summed E-state index contributed by atoms with van der Waals surface area (Å²) in [5.74, 6) is -0.219. The van der Waals surface area contributed by atoms with E-state index < -0.39 is 5.82 Å². The number of ether oxygens (including phenoxy) is 1. The third-order valence-corrected chi connectivity index (χ3v) is 2.28. The molecule has 2 N–H and O–H groups in total. The van der Waals surface area contributed by atoms with Crippen LogP contribution >= 0.6 is 0 Å². The Morgan fingerprint density at radius 1 is 1.44 bits per heavy atom. The fraction of sp³-hybridized carbons (Fsp3) is 0.182. The van der Waals surface area contributed by atoms with E-state index >= 15 is 0 Å². The van der Waals surface area contributed by atoms with Gasteiger partial charge in [0.05, 0.1) is 12.8 Å². The third kappa shape index (κ3) is 1.71. The number of halogens is 1. The van der Waals surface area contributed by atoms with E-state index in [4.69, 9.17) is 10.5 Å². The van der Waals surface area contributed by atoms with Crippen LogP contribution in [0, 0.1) is 5.82 Å². The number of nitrogens with zero attached hydrogens (tertiary/aromatic N) is 2. The van der Waals surface area contributed by atoms with E-state index in [9.17, 15) is 4.39 Å². The van der Waals surface area contributed by atoms with Gasteiger partial charge in [-0.2, -0.15) is 5.10 Å². The third-order valence-electron chi connectivity index (χ3n) is 2.28. The Bertz CT molecular complexity index is 522. The first-order valence-corrected chi connectivity index (χ1v) is 4.75. The topological polar surface area (TPSA) is 53.1 Å². The molecule has 1 aromatic carbocycles. The lowest BCUT2D eigenvalue weighted by Crippen LogP contribution is -1.91. The molecular formula is C11H12FN3O. The van der Waals surface area contributed by atoms with Crippen LogP contribution in [0.2, 0.25) is 0 Å². The molecule has 0 spiro atoms. The molecule has 2 aromatic rings. The highest BCUT2D eigenvalue weighted by molar-refractivity contribution is 5.72. The molecule has 0 aliphatic heterocycles. The van der Waals surface area contributed by atoms with Crippen LogP contribution in [0.1, 0.15) is 0 Å². The Kier molecular flexibility index (Phi) is 2.52. The highest BCUT2D eigenvalue weighted by Crippen LogP contribution is 2.27. The molecule has 0 aliphatic carbocycles. The molecule has 0 saturated heterocycles. The zero-order chi connectivity index (χ0) is 11.7. The Morgan fingerprint density at radius 2 is 2.19 bits per heavy atom. The fourth-order valence-electron chi connectivity index (χ4n) is 1.54. The van der Waals surface area contributed by atoms with Gasteiger partial charge >= 0.3 is 0 Å². The van der Waals surface area contributed by atoms with E-state index in [0.29, 0.717) is 16.9 Å². The second kappa shape index (κ2) is 3.84. The lowest BCUT2D eigenvalue weighted by Gasteiger charge is -2.03. The van der Waals surface area contributed by atoms with Crippen LogP contribution in [0.25, 0.3) is 11.3 Å². The molecule has 1 aromatic heterocycles. The van der Waals surface area contributed by atoms with Crippen LogP contribution in [-0.2, 0) is 7.05 Å². The number of methoxy groups -OCH3 is 1. The van der Waals surface area contributed by atoms with Crippen molar-refractivity contribution in [2.24, 2.45) is 7.05 Å². The molecule has 0 fully saturated rings. The average molecular weight is 221 g/mol. The maximum atomic E-state index is 13.5. The normalized spacial score (nSPS) is 10.4. The Labute approximate surface area is 92.4 Å². The van der Waals surface area contributed by atoms with E-state index in [-0.39, 0.29) is 5.75 Å². The average Bonchev–Trinajstić information content (AvgIpc) is 2.58. The standard InChI is InChI=1S/C11H12FN3O/c1-15-6-9(13)11(14-15)7-3-4-10(16-2)8(12)5-7/h3-6H,13H2,1-2H3. The number of aromatic nitrogens is 2. The summed E-state index contributed by atoms with van der Waals surface area (Å²) >= 11 is 0.